The Bertz CT molecular complexity index is 870. The number of fused-ring (bicyclic) bond motifs is 1. The molecular formula is C20H23N3OS. The summed E-state index contributed by atoms with van der Waals surface area (Å²) in [4.78, 5) is 18.7. The fourth-order valence-electron chi connectivity index (χ4n) is 2.63. The fourth-order valence-corrected chi connectivity index (χ4v) is 3.48. The molecule has 5 heteroatoms. The van der Waals surface area contributed by atoms with E-state index < -0.39 is 0 Å². The minimum atomic E-state index is 0.144. The van der Waals surface area contributed by atoms with Gasteiger partial charge in [-0.05, 0) is 31.0 Å². The van der Waals surface area contributed by atoms with Crippen molar-refractivity contribution in [2.75, 3.05) is 12.8 Å². The Morgan fingerprint density at radius 3 is 2.56 bits per heavy atom. The summed E-state index contributed by atoms with van der Waals surface area (Å²) in [5.74, 6) is 1.35. The van der Waals surface area contributed by atoms with Crippen LogP contribution in [-0.4, -0.2) is 33.0 Å². The van der Waals surface area contributed by atoms with Crippen molar-refractivity contribution in [2.24, 2.45) is 0 Å². The van der Waals surface area contributed by atoms with Gasteiger partial charge in [0.2, 0.25) is 5.91 Å². The van der Waals surface area contributed by atoms with Crippen LogP contribution >= 0.6 is 11.8 Å². The second-order valence-corrected chi connectivity index (χ2v) is 7.42. The maximum atomic E-state index is 12.3. The van der Waals surface area contributed by atoms with Crippen LogP contribution in [0.5, 0.6) is 0 Å². The lowest BCUT2D eigenvalue weighted by atomic mass is 10.1. The Hall–Kier alpha value is -2.27. The number of hydrogen-bond donors (Lipinski definition) is 0. The van der Waals surface area contributed by atoms with Crippen LogP contribution in [0.1, 0.15) is 22.4 Å². The van der Waals surface area contributed by atoms with Gasteiger partial charge in [0, 0.05) is 31.7 Å². The number of rotatable bonds is 6. The molecule has 0 aliphatic heterocycles. The highest BCUT2D eigenvalue weighted by atomic mass is 32.2. The number of aromatic nitrogens is 2. The van der Waals surface area contributed by atoms with Crippen LogP contribution in [0.3, 0.4) is 0 Å². The summed E-state index contributed by atoms with van der Waals surface area (Å²) in [6.45, 7) is 4.78. The number of aryl methyl sites for hydroxylation is 2. The number of carbonyl (C=O) groups excluding carboxylic acids is 1. The summed E-state index contributed by atoms with van der Waals surface area (Å²) in [5.41, 5.74) is 5.55. The SMILES string of the molecule is Cc1ccc(CN(C)C(=O)CSCc2cn3cc(C)ccc3n2)cc1. The molecule has 0 bridgehead atoms. The number of amides is 1. The van der Waals surface area contributed by atoms with Crippen LogP contribution < -0.4 is 0 Å². The highest BCUT2D eigenvalue weighted by Gasteiger charge is 2.10. The Morgan fingerprint density at radius 2 is 1.80 bits per heavy atom. The molecule has 0 unspecified atom stereocenters. The molecule has 0 saturated heterocycles. The van der Waals surface area contributed by atoms with E-state index in [1.165, 1.54) is 11.1 Å². The molecule has 0 fully saturated rings. The summed E-state index contributed by atoms with van der Waals surface area (Å²) in [5, 5.41) is 0. The largest absolute Gasteiger partial charge is 0.341 e. The van der Waals surface area contributed by atoms with Crippen LogP contribution in [0, 0.1) is 13.8 Å². The van der Waals surface area contributed by atoms with Crippen molar-refractivity contribution in [3.8, 4) is 0 Å². The summed E-state index contributed by atoms with van der Waals surface area (Å²) in [6.07, 6.45) is 4.10. The maximum absolute atomic E-state index is 12.3. The predicted molar refractivity (Wildman–Crippen MR) is 104 cm³/mol. The molecule has 4 nitrogen and oxygen atoms in total. The second kappa shape index (κ2) is 7.74. The van der Waals surface area contributed by atoms with Crippen molar-refractivity contribution in [1.82, 2.24) is 14.3 Å². The Kier molecular flexibility index (Phi) is 5.43. The van der Waals surface area contributed by atoms with Gasteiger partial charge in [-0.1, -0.05) is 35.9 Å². The molecule has 1 amide bonds. The first-order valence-corrected chi connectivity index (χ1v) is 9.48. The van der Waals surface area contributed by atoms with Crippen LogP contribution in [-0.2, 0) is 17.1 Å². The van der Waals surface area contributed by atoms with Crippen LogP contribution in [0.4, 0.5) is 0 Å². The molecule has 3 rings (SSSR count). The zero-order chi connectivity index (χ0) is 17.8. The lowest BCUT2D eigenvalue weighted by Gasteiger charge is -2.17. The van der Waals surface area contributed by atoms with Gasteiger partial charge in [0.15, 0.2) is 0 Å². The first-order chi connectivity index (χ1) is 12.0. The minimum absolute atomic E-state index is 0.144. The first kappa shape index (κ1) is 17.5. The van der Waals surface area contributed by atoms with Crippen LogP contribution in [0.2, 0.25) is 0 Å². The molecule has 0 aliphatic carbocycles. The van der Waals surface area contributed by atoms with Crippen LogP contribution in [0.25, 0.3) is 5.65 Å². The highest BCUT2D eigenvalue weighted by molar-refractivity contribution is 7.99. The molecule has 0 atom stereocenters. The van der Waals surface area contributed by atoms with Gasteiger partial charge in [-0.2, -0.15) is 0 Å². The number of hydrogen-bond acceptors (Lipinski definition) is 3. The molecule has 2 heterocycles. The zero-order valence-corrected chi connectivity index (χ0v) is 15.7. The fraction of sp³-hybridized carbons (Fsp3) is 0.300. The topological polar surface area (TPSA) is 37.6 Å². The Labute approximate surface area is 152 Å². The molecule has 1 aromatic carbocycles. The molecular weight excluding hydrogens is 330 g/mol. The molecule has 130 valence electrons. The van der Waals surface area contributed by atoms with Crippen molar-refractivity contribution in [3.63, 3.8) is 0 Å². The number of nitrogens with zero attached hydrogens (tertiary/aromatic N) is 3. The van der Waals surface area contributed by atoms with Crippen molar-refractivity contribution in [2.45, 2.75) is 26.1 Å². The van der Waals surface area contributed by atoms with E-state index in [2.05, 4.69) is 55.4 Å². The van der Waals surface area contributed by atoms with E-state index in [1.807, 2.05) is 23.7 Å². The lowest BCUT2D eigenvalue weighted by Crippen LogP contribution is -2.27. The molecule has 3 aromatic rings. The van der Waals surface area contributed by atoms with Gasteiger partial charge in [-0.15, -0.1) is 11.8 Å². The van der Waals surface area contributed by atoms with Crippen molar-refractivity contribution < 1.29 is 4.79 Å². The normalized spacial score (nSPS) is 11.0. The Balaban J connectivity index is 1.50. The van der Waals surface area contributed by atoms with Crippen molar-refractivity contribution in [3.05, 3.63) is 71.2 Å². The summed E-state index contributed by atoms with van der Waals surface area (Å²) in [6, 6.07) is 12.4. The zero-order valence-electron chi connectivity index (χ0n) is 14.9. The molecule has 2 aromatic heterocycles. The highest BCUT2D eigenvalue weighted by Crippen LogP contribution is 2.15. The van der Waals surface area contributed by atoms with E-state index in [-0.39, 0.29) is 5.91 Å². The van der Waals surface area contributed by atoms with Crippen molar-refractivity contribution in [1.29, 1.82) is 0 Å². The smallest absolute Gasteiger partial charge is 0.232 e. The van der Waals surface area contributed by atoms with Gasteiger partial charge < -0.3 is 9.30 Å². The Morgan fingerprint density at radius 1 is 1.08 bits per heavy atom. The van der Waals surface area contributed by atoms with Crippen LogP contribution in [0.15, 0.2) is 48.8 Å². The summed E-state index contributed by atoms with van der Waals surface area (Å²) in [7, 11) is 1.86. The minimum Gasteiger partial charge on any atom is -0.341 e. The molecule has 0 spiro atoms. The molecule has 0 saturated carbocycles. The van der Waals surface area contributed by atoms with Gasteiger partial charge in [0.25, 0.3) is 0 Å². The van der Waals surface area contributed by atoms with Gasteiger partial charge in [-0.25, -0.2) is 4.98 Å². The summed E-state index contributed by atoms with van der Waals surface area (Å²) >= 11 is 1.61. The van der Waals surface area contributed by atoms with E-state index in [0.717, 1.165) is 22.7 Å². The number of benzene rings is 1. The van der Waals surface area contributed by atoms with E-state index in [4.69, 9.17) is 0 Å². The van der Waals surface area contributed by atoms with Gasteiger partial charge in [0.05, 0.1) is 11.4 Å². The van der Waals surface area contributed by atoms with E-state index in [1.54, 1.807) is 16.7 Å². The van der Waals surface area contributed by atoms with Gasteiger partial charge in [0.1, 0.15) is 5.65 Å². The standard InChI is InChI=1S/C20H23N3OS/c1-15-4-7-17(8-5-15)11-22(3)20(24)14-25-13-18-12-23-10-16(2)6-9-19(23)21-18/h4-10,12H,11,13-14H2,1-3H3. The average molecular weight is 353 g/mol. The van der Waals surface area contributed by atoms with Crippen molar-refractivity contribution >= 4 is 23.3 Å². The lowest BCUT2D eigenvalue weighted by molar-refractivity contribution is -0.127. The summed E-state index contributed by atoms with van der Waals surface area (Å²) < 4.78 is 2.04. The quantitative estimate of drug-likeness (QED) is 0.676. The van der Waals surface area contributed by atoms with Gasteiger partial charge >= 0.3 is 0 Å². The van der Waals surface area contributed by atoms with E-state index in [9.17, 15) is 4.79 Å². The molecule has 25 heavy (non-hydrogen) atoms. The predicted octanol–water partition coefficient (Wildman–Crippen LogP) is 3.84. The monoisotopic (exact) mass is 353 g/mol. The average Bonchev–Trinajstić information content (AvgIpc) is 2.98. The van der Waals surface area contributed by atoms with E-state index in [0.29, 0.717) is 12.3 Å². The number of thioether (sulfide) groups is 1. The molecule has 0 radical (unpaired) electrons. The third-order valence-corrected chi connectivity index (χ3v) is 5.04. The third kappa shape index (κ3) is 4.63. The third-order valence-electron chi connectivity index (χ3n) is 4.09. The second-order valence-electron chi connectivity index (χ2n) is 6.43. The van der Waals surface area contributed by atoms with Gasteiger partial charge in [-0.3, -0.25) is 4.79 Å². The first-order valence-electron chi connectivity index (χ1n) is 8.33. The number of carbonyl (C=O) groups is 1. The molecule has 0 aliphatic rings. The van der Waals surface area contributed by atoms with E-state index >= 15 is 0 Å². The number of imidazole rings is 1. The maximum Gasteiger partial charge on any atom is 0.232 e. The number of pyridine rings is 1. The molecule has 0 N–H and O–H groups in total.